The van der Waals surface area contributed by atoms with E-state index in [4.69, 9.17) is 4.74 Å². The van der Waals surface area contributed by atoms with Gasteiger partial charge in [0.05, 0.1) is 7.11 Å². The van der Waals surface area contributed by atoms with Gasteiger partial charge in [-0.05, 0) is 29.8 Å². The van der Waals surface area contributed by atoms with E-state index in [1.54, 1.807) is 17.7 Å². The zero-order valence-corrected chi connectivity index (χ0v) is 10.5. The zero-order valence-electron chi connectivity index (χ0n) is 10.5. The third kappa shape index (κ3) is 2.71. The lowest BCUT2D eigenvalue weighted by Crippen LogP contribution is -2.24. The van der Waals surface area contributed by atoms with Gasteiger partial charge in [-0.25, -0.2) is 0 Å². The van der Waals surface area contributed by atoms with E-state index in [0.717, 1.165) is 11.3 Å². The van der Waals surface area contributed by atoms with Gasteiger partial charge in [0, 0.05) is 19.8 Å². The average molecular weight is 244 g/mol. The summed E-state index contributed by atoms with van der Waals surface area (Å²) in [7, 11) is 3.48. The van der Waals surface area contributed by atoms with Crippen LogP contribution in [-0.2, 0) is 13.6 Å². The van der Waals surface area contributed by atoms with Crippen LogP contribution in [-0.4, -0.2) is 17.6 Å². The maximum atomic E-state index is 11.9. The van der Waals surface area contributed by atoms with Gasteiger partial charge in [0.15, 0.2) is 0 Å². The first-order chi connectivity index (χ1) is 8.70. The van der Waals surface area contributed by atoms with Gasteiger partial charge in [0.1, 0.15) is 11.4 Å². The van der Waals surface area contributed by atoms with Crippen LogP contribution in [0, 0.1) is 0 Å². The highest BCUT2D eigenvalue weighted by atomic mass is 16.5. The largest absolute Gasteiger partial charge is 0.497 e. The van der Waals surface area contributed by atoms with Crippen molar-refractivity contribution in [2.45, 2.75) is 6.54 Å². The number of nitrogens with one attached hydrogen (secondary N) is 1. The fourth-order valence-electron chi connectivity index (χ4n) is 1.71. The second-order valence-corrected chi connectivity index (χ2v) is 4.04. The third-order valence-electron chi connectivity index (χ3n) is 2.79. The minimum atomic E-state index is -0.0710. The molecule has 1 amide bonds. The van der Waals surface area contributed by atoms with Gasteiger partial charge in [-0.1, -0.05) is 12.1 Å². The number of rotatable bonds is 4. The molecule has 94 valence electrons. The minimum Gasteiger partial charge on any atom is -0.497 e. The van der Waals surface area contributed by atoms with Crippen LogP contribution in [0.3, 0.4) is 0 Å². The van der Waals surface area contributed by atoms with Gasteiger partial charge in [0.2, 0.25) is 0 Å². The Labute approximate surface area is 106 Å². The summed E-state index contributed by atoms with van der Waals surface area (Å²) < 4.78 is 6.87. The molecule has 0 saturated carbocycles. The Morgan fingerprint density at radius 3 is 2.56 bits per heavy atom. The maximum absolute atomic E-state index is 11.9. The Morgan fingerprint density at radius 1 is 1.28 bits per heavy atom. The van der Waals surface area contributed by atoms with Crippen molar-refractivity contribution in [1.82, 2.24) is 9.88 Å². The molecule has 1 N–H and O–H groups in total. The molecule has 0 unspecified atom stereocenters. The van der Waals surface area contributed by atoms with Crippen LogP contribution in [0.5, 0.6) is 5.75 Å². The lowest BCUT2D eigenvalue weighted by Gasteiger charge is -2.07. The molecule has 2 aromatic rings. The van der Waals surface area contributed by atoms with Crippen LogP contribution < -0.4 is 10.1 Å². The number of amides is 1. The maximum Gasteiger partial charge on any atom is 0.268 e. The number of carbonyl (C=O) groups is 1. The molecule has 1 aromatic carbocycles. The summed E-state index contributed by atoms with van der Waals surface area (Å²) in [6, 6.07) is 11.3. The first-order valence-corrected chi connectivity index (χ1v) is 5.73. The smallest absolute Gasteiger partial charge is 0.268 e. The van der Waals surface area contributed by atoms with E-state index >= 15 is 0 Å². The van der Waals surface area contributed by atoms with E-state index in [9.17, 15) is 4.79 Å². The van der Waals surface area contributed by atoms with Crippen molar-refractivity contribution in [2.24, 2.45) is 7.05 Å². The van der Waals surface area contributed by atoms with E-state index < -0.39 is 0 Å². The van der Waals surface area contributed by atoms with Gasteiger partial charge in [-0.3, -0.25) is 4.79 Å². The van der Waals surface area contributed by atoms with E-state index in [0.29, 0.717) is 12.2 Å². The molecule has 2 rings (SSSR count). The molecule has 18 heavy (non-hydrogen) atoms. The summed E-state index contributed by atoms with van der Waals surface area (Å²) in [6.07, 6.45) is 1.85. The molecule has 0 aliphatic heterocycles. The standard InChI is InChI=1S/C14H16N2O2/c1-16-9-3-4-13(16)14(17)15-10-11-5-7-12(18-2)8-6-11/h3-9H,10H2,1-2H3,(H,15,17). The second-order valence-electron chi connectivity index (χ2n) is 4.04. The van der Waals surface area contributed by atoms with Crippen molar-refractivity contribution in [1.29, 1.82) is 0 Å². The molecule has 4 nitrogen and oxygen atoms in total. The Hall–Kier alpha value is -2.23. The molecule has 0 saturated heterocycles. The van der Waals surface area contributed by atoms with Gasteiger partial charge in [-0.15, -0.1) is 0 Å². The quantitative estimate of drug-likeness (QED) is 0.893. The molecule has 1 heterocycles. The summed E-state index contributed by atoms with van der Waals surface area (Å²) in [5, 5.41) is 2.88. The van der Waals surface area contributed by atoms with Crippen molar-refractivity contribution in [3.8, 4) is 5.75 Å². The van der Waals surface area contributed by atoms with Crippen LogP contribution in [0.25, 0.3) is 0 Å². The topological polar surface area (TPSA) is 43.3 Å². The Balaban J connectivity index is 1.95. The van der Waals surface area contributed by atoms with Crippen LogP contribution in [0.15, 0.2) is 42.6 Å². The number of nitrogens with zero attached hydrogens (tertiary/aromatic N) is 1. The van der Waals surface area contributed by atoms with Gasteiger partial charge >= 0.3 is 0 Å². The zero-order chi connectivity index (χ0) is 13.0. The minimum absolute atomic E-state index is 0.0710. The summed E-state index contributed by atoms with van der Waals surface area (Å²) >= 11 is 0. The third-order valence-corrected chi connectivity index (χ3v) is 2.79. The van der Waals surface area contributed by atoms with Crippen molar-refractivity contribution < 1.29 is 9.53 Å². The lowest BCUT2D eigenvalue weighted by atomic mass is 10.2. The molecular weight excluding hydrogens is 228 g/mol. The average Bonchev–Trinajstić information content (AvgIpc) is 2.83. The van der Waals surface area contributed by atoms with Crippen molar-refractivity contribution >= 4 is 5.91 Å². The molecule has 0 bridgehead atoms. The van der Waals surface area contributed by atoms with Crippen molar-refractivity contribution in [3.05, 3.63) is 53.9 Å². The fraction of sp³-hybridized carbons (Fsp3) is 0.214. The number of hydrogen-bond acceptors (Lipinski definition) is 2. The second kappa shape index (κ2) is 5.40. The first-order valence-electron chi connectivity index (χ1n) is 5.73. The van der Waals surface area contributed by atoms with E-state index in [1.165, 1.54) is 0 Å². The first kappa shape index (κ1) is 12.2. The molecule has 4 heteroatoms. The predicted octanol–water partition coefficient (Wildman–Crippen LogP) is 1.96. The molecular formula is C14H16N2O2. The van der Waals surface area contributed by atoms with Gasteiger partial charge < -0.3 is 14.6 Å². The highest BCUT2D eigenvalue weighted by Crippen LogP contribution is 2.11. The number of ether oxygens (including phenoxy) is 1. The van der Waals surface area contributed by atoms with E-state index in [-0.39, 0.29) is 5.91 Å². The predicted molar refractivity (Wildman–Crippen MR) is 69.6 cm³/mol. The molecule has 1 aromatic heterocycles. The van der Waals surface area contributed by atoms with Gasteiger partial charge in [-0.2, -0.15) is 0 Å². The highest BCUT2D eigenvalue weighted by Gasteiger charge is 2.07. The summed E-state index contributed by atoms with van der Waals surface area (Å²) in [5.41, 5.74) is 1.70. The molecule has 0 spiro atoms. The fourth-order valence-corrected chi connectivity index (χ4v) is 1.71. The van der Waals surface area contributed by atoms with Crippen molar-refractivity contribution in [2.75, 3.05) is 7.11 Å². The SMILES string of the molecule is COc1ccc(CNC(=O)c2cccn2C)cc1. The Bertz CT molecular complexity index is 529. The molecule has 0 aliphatic carbocycles. The monoisotopic (exact) mass is 244 g/mol. The normalized spacial score (nSPS) is 10.1. The van der Waals surface area contributed by atoms with E-state index in [2.05, 4.69) is 5.32 Å². The van der Waals surface area contributed by atoms with Crippen molar-refractivity contribution in [3.63, 3.8) is 0 Å². The Morgan fingerprint density at radius 2 is 2.00 bits per heavy atom. The number of aromatic nitrogens is 1. The molecule has 0 aliphatic rings. The molecule has 0 fully saturated rings. The van der Waals surface area contributed by atoms with Crippen LogP contribution in [0.1, 0.15) is 16.1 Å². The number of hydrogen-bond donors (Lipinski definition) is 1. The summed E-state index contributed by atoms with van der Waals surface area (Å²) in [5.74, 6) is 0.742. The Kier molecular flexibility index (Phi) is 3.67. The lowest BCUT2D eigenvalue weighted by molar-refractivity contribution is 0.0943. The number of carbonyl (C=O) groups excluding carboxylic acids is 1. The number of methoxy groups -OCH3 is 1. The number of aryl methyl sites for hydroxylation is 1. The summed E-state index contributed by atoms with van der Waals surface area (Å²) in [4.78, 5) is 11.9. The number of benzene rings is 1. The molecule has 0 atom stereocenters. The molecule has 0 radical (unpaired) electrons. The van der Waals surface area contributed by atoms with Crippen LogP contribution >= 0.6 is 0 Å². The summed E-state index contributed by atoms with van der Waals surface area (Å²) in [6.45, 7) is 0.508. The van der Waals surface area contributed by atoms with Gasteiger partial charge in [0.25, 0.3) is 5.91 Å². The van der Waals surface area contributed by atoms with Crippen LogP contribution in [0.4, 0.5) is 0 Å². The van der Waals surface area contributed by atoms with Crippen LogP contribution in [0.2, 0.25) is 0 Å². The van der Waals surface area contributed by atoms with E-state index in [1.807, 2.05) is 43.6 Å². The highest BCUT2D eigenvalue weighted by molar-refractivity contribution is 5.92.